The minimum atomic E-state index is -4.16. The van der Waals surface area contributed by atoms with Gasteiger partial charge in [-0.05, 0) is 93.7 Å². The summed E-state index contributed by atoms with van der Waals surface area (Å²) in [5.74, 6) is 0. The lowest BCUT2D eigenvalue weighted by molar-refractivity contribution is -0.929. The molecule has 0 N–H and O–H groups in total. The smallest absolute Gasteiger partial charge is 0.139 e. The first-order valence-corrected chi connectivity index (χ1v) is 36.1. The fraction of sp³-hybridized carbons (Fsp3) is 0.900. The molecular weight excluding hydrogens is 1000 g/mol. The zero-order valence-electron chi connectivity index (χ0n) is 52.2. The average Bonchev–Trinajstić information content (AvgIpc) is 3.39. The molecule has 1 rings (SSSR count). The van der Waals surface area contributed by atoms with E-state index in [-0.39, 0.29) is 16.7 Å². The van der Waals surface area contributed by atoms with Crippen LogP contribution in [0.5, 0.6) is 0 Å². The van der Waals surface area contributed by atoms with Crippen LogP contribution in [0.4, 0.5) is 0 Å². The molecule has 75 heavy (non-hydrogen) atoms. The third kappa shape index (κ3) is 41.2. The summed E-state index contributed by atoms with van der Waals surface area (Å²) in [4.78, 5) is 34.8. The molecule has 0 saturated heterocycles. The van der Waals surface area contributed by atoms with Crippen molar-refractivity contribution in [3.63, 3.8) is 0 Å². The Kier molecular flexibility index (Phi) is 50.7. The Labute approximate surface area is 466 Å². The second kappa shape index (κ2) is 48.3. The van der Waals surface area contributed by atoms with Crippen molar-refractivity contribution >= 4 is 22.8 Å². The van der Waals surface area contributed by atoms with E-state index in [0.717, 1.165) is 21.3 Å². The van der Waals surface area contributed by atoms with Gasteiger partial charge in [0, 0.05) is 39.8 Å². The minimum Gasteiger partial charge on any atom is -0.778 e. The Morgan fingerprint density at radius 2 is 0.413 bits per heavy atom. The highest BCUT2D eigenvalue weighted by Gasteiger charge is 2.27. The fourth-order valence-corrected chi connectivity index (χ4v) is 12.2. The molecule has 0 aromatic heterocycles. The topological polar surface area (TPSA) is 148 Å². The Morgan fingerprint density at radius 1 is 0.293 bits per heavy atom. The molecule has 3 unspecified atom stereocenters. The minimum absolute atomic E-state index is 0.204. The number of unbranched alkanes of at least 4 members (excludes halogenated alkanes) is 12. The molecule has 0 spiro atoms. The largest absolute Gasteiger partial charge is 0.778 e. The van der Waals surface area contributed by atoms with Crippen molar-refractivity contribution in [1.29, 1.82) is 0 Å². The number of rotatable bonds is 45. The van der Waals surface area contributed by atoms with E-state index in [4.69, 9.17) is 0 Å². The summed E-state index contributed by atoms with van der Waals surface area (Å²) in [5.41, 5.74) is 0.611. The molecule has 0 amide bonds. The molecule has 0 bridgehead atoms. The van der Waals surface area contributed by atoms with Crippen molar-refractivity contribution in [3.05, 3.63) is 34.9 Å². The van der Waals surface area contributed by atoms with E-state index in [2.05, 4.69) is 96.7 Å². The van der Waals surface area contributed by atoms with Crippen LogP contribution in [0.25, 0.3) is 0 Å². The maximum absolute atomic E-state index is 11.6. The van der Waals surface area contributed by atoms with Gasteiger partial charge in [0.2, 0.25) is 0 Å². The number of benzene rings is 1. The van der Waals surface area contributed by atoms with Crippen molar-refractivity contribution < 1.29 is 55.4 Å². The Hall–Kier alpha value is -0.450. The first-order chi connectivity index (χ1) is 35.6. The van der Waals surface area contributed by atoms with E-state index in [0.29, 0.717) is 0 Å². The van der Waals surface area contributed by atoms with Crippen molar-refractivity contribution in [2.75, 3.05) is 99.9 Å². The molecule has 0 aliphatic rings. The lowest BCUT2D eigenvalue weighted by Crippen LogP contribution is -2.50. The number of hydrogen-bond acceptors (Lipinski definition) is 9. The first-order valence-electron chi connectivity index (χ1n) is 30.9. The van der Waals surface area contributed by atoms with Gasteiger partial charge in [0.25, 0.3) is 0 Å². The molecule has 0 saturated carbocycles. The molecule has 0 radical (unpaired) electrons. The Balaban J connectivity index is -0.000000935. The highest BCUT2D eigenvalue weighted by atomic mass is 31.2. The highest BCUT2D eigenvalue weighted by Crippen LogP contribution is 2.45. The third-order valence-electron chi connectivity index (χ3n) is 14.9. The molecule has 1 aromatic carbocycles. The van der Waals surface area contributed by atoms with Crippen molar-refractivity contribution in [1.82, 2.24) is 0 Å². The summed E-state index contributed by atoms with van der Waals surface area (Å²) in [6.45, 7) is 45.1. The van der Waals surface area contributed by atoms with Crippen LogP contribution in [0.3, 0.4) is 0 Å². The van der Waals surface area contributed by atoms with Gasteiger partial charge in [0.15, 0.2) is 0 Å². The lowest BCUT2D eigenvalue weighted by Gasteiger charge is -2.39. The van der Waals surface area contributed by atoms with Gasteiger partial charge >= 0.3 is 0 Å². The van der Waals surface area contributed by atoms with E-state index >= 15 is 0 Å². The molecule has 0 heterocycles. The lowest BCUT2D eigenvalue weighted by atomic mass is 10.1. The van der Waals surface area contributed by atoms with E-state index < -0.39 is 41.3 Å². The third-order valence-corrected chi connectivity index (χ3v) is 18.8. The predicted molar refractivity (Wildman–Crippen MR) is 319 cm³/mol. The van der Waals surface area contributed by atoms with Crippen molar-refractivity contribution in [2.24, 2.45) is 0 Å². The predicted octanol–water partition coefficient (Wildman–Crippen LogP) is 15.8. The maximum atomic E-state index is 11.6. The SMILES string of the molecule is CCCC[N+](CCCC)(CCCC)CCCC.CCCC[N+](CCCC)(CCCC)CCCC.CCCC[N+](CCCC)(CCCC)CCCC.COP(=O)([O-])Cc1cc(CP(=O)([O-])OC)cc(CP(=O)([O-])OC)c1. The normalized spacial score (nSPS) is 14.3. The number of quaternary nitrogens is 3. The second-order valence-electron chi connectivity index (χ2n) is 22.0. The zero-order valence-corrected chi connectivity index (χ0v) is 54.9. The summed E-state index contributed by atoms with van der Waals surface area (Å²) in [5, 5.41) is 0. The Morgan fingerprint density at radius 3 is 0.507 bits per heavy atom. The molecule has 0 fully saturated rings. The van der Waals surface area contributed by atoms with Gasteiger partial charge in [0.1, 0.15) is 22.8 Å². The van der Waals surface area contributed by atoms with Gasteiger partial charge < -0.3 is 55.4 Å². The second-order valence-corrected chi connectivity index (χ2v) is 27.7. The van der Waals surface area contributed by atoms with E-state index in [1.54, 1.807) is 0 Å². The summed E-state index contributed by atoms with van der Waals surface area (Å²) in [7, 11) is -9.46. The van der Waals surface area contributed by atoms with E-state index in [1.807, 2.05) is 0 Å². The maximum Gasteiger partial charge on any atom is 0.139 e. The van der Waals surface area contributed by atoms with Crippen LogP contribution < -0.4 is 14.7 Å². The van der Waals surface area contributed by atoms with Gasteiger partial charge in [0.05, 0.1) is 78.5 Å². The molecular formula is C60H126N3O9P3. The van der Waals surface area contributed by atoms with Gasteiger partial charge in [-0.2, -0.15) is 0 Å². The molecule has 15 heteroatoms. The van der Waals surface area contributed by atoms with Gasteiger partial charge in [-0.15, -0.1) is 0 Å². The standard InChI is InChI=1S/3C16H36N.C12H21O9P3/c3*1-5-9-13-17(14-10-6-2,15-11-7-3)16-12-8-4;1-19-22(13,14)7-10-4-11(8-23(15,16)20-2)6-12(5-10)9-24(17,18)21-3/h3*5-16H2,1-4H3;4-6H,7-9H2,1-3H3,(H,13,14)(H,15,16)(H,17,18)/q3*+1;/p-3. The molecule has 0 aliphatic heterocycles. The van der Waals surface area contributed by atoms with Crippen LogP contribution in [-0.2, 0) is 45.8 Å². The van der Waals surface area contributed by atoms with Crippen LogP contribution in [0.15, 0.2) is 18.2 Å². The highest BCUT2D eigenvalue weighted by molar-refractivity contribution is 7.51. The average molecular weight is 1130 g/mol. The Bertz CT molecular complexity index is 1300. The number of nitrogens with zero attached hydrogens (tertiary/aromatic N) is 3. The van der Waals surface area contributed by atoms with Crippen LogP contribution in [0.2, 0.25) is 0 Å². The van der Waals surface area contributed by atoms with E-state index in [9.17, 15) is 28.4 Å². The number of hydrogen-bond donors (Lipinski definition) is 0. The monoisotopic (exact) mass is 1130 g/mol. The summed E-state index contributed by atoms with van der Waals surface area (Å²) in [6, 6.07) is 4.04. The van der Waals surface area contributed by atoms with Gasteiger partial charge in [-0.3, -0.25) is 0 Å². The molecule has 1 aromatic rings. The van der Waals surface area contributed by atoms with E-state index in [1.165, 1.54) is 264 Å². The van der Waals surface area contributed by atoms with Crippen LogP contribution in [0.1, 0.15) is 254 Å². The van der Waals surface area contributed by atoms with Gasteiger partial charge in [-0.25, -0.2) is 0 Å². The fourth-order valence-electron chi connectivity index (χ4n) is 9.91. The van der Waals surface area contributed by atoms with Crippen LogP contribution in [-0.4, -0.2) is 113 Å². The molecule has 3 atom stereocenters. The van der Waals surface area contributed by atoms with Crippen LogP contribution in [0, 0.1) is 0 Å². The molecule has 12 nitrogen and oxygen atoms in total. The van der Waals surface area contributed by atoms with Crippen molar-refractivity contribution in [3.8, 4) is 0 Å². The molecule has 0 aliphatic carbocycles. The summed E-state index contributed by atoms with van der Waals surface area (Å²) >= 11 is 0. The van der Waals surface area contributed by atoms with Gasteiger partial charge in [-0.1, -0.05) is 178 Å². The summed E-state index contributed by atoms with van der Waals surface area (Å²) in [6.07, 6.45) is 31.7. The van der Waals surface area contributed by atoms with Crippen LogP contribution >= 0.6 is 22.8 Å². The van der Waals surface area contributed by atoms with Crippen molar-refractivity contribution in [2.45, 2.75) is 256 Å². The first kappa shape index (κ1) is 78.8. The zero-order chi connectivity index (χ0) is 57.6. The summed E-state index contributed by atoms with van der Waals surface area (Å²) < 4.78 is 52.2. The quantitative estimate of drug-likeness (QED) is 0.0460. The molecule has 450 valence electrons.